The summed E-state index contributed by atoms with van der Waals surface area (Å²) in [5, 5.41) is 9.35. The topological polar surface area (TPSA) is 89.6 Å². The molecule has 1 fully saturated rings. The molecular weight excluding hydrogens is 415 g/mol. The molecule has 0 N–H and O–H groups in total. The number of hydrogen-bond acceptors (Lipinski definition) is 7. The molecule has 1 aliphatic heterocycles. The van der Waals surface area contributed by atoms with Gasteiger partial charge in [-0.1, -0.05) is 6.07 Å². The van der Waals surface area contributed by atoms with E-state index < -0.39 is 5.82 Å². The zero-order valence-corrected chi connectivity index (χ0v) is 17.9. The van der Waals surface area contributed by atoms with Crippen LogP contribution in [0.25, 0.3) is 10.9 Å². The van der Waals surface area contributed by atoms with E-state index in [9.17, 15) is 9.18 Å². The van der Waals surface area contributed by atoms with Crippen molar-refractivity contribution in [1.82, 2.24) is 14.5 Å². The molecule has 0 aliphatic carbocycles. The molecule has 1 aromatic heterocycles. The minimum Gasteiger partial charge on any atom is -0.493 e. The van der Waals surface area contributed by atoms with E-state index in [1.54, 1.807) is 12.1 Å². The lowest BCUT2D eigenvalue weighted by atomic mass is 10.1. The smallest absolute Gasteiger partial charge is 0.261 e. The third-order valence-electron chi connectivity index (χ3n) is 5.52. The quantitative estimate of drug-likeness (QED) is 0.583. The minimum atomic E-state index is -0.541. The highest BCUT2D eigenvalue weighted by molar-refractivity contribution is 5.82. The molecule has 1 aliphatic rings. The van der Waals surface area contributed by atoms with Crippen molar-refractivity contribution in [1.29, 1.82) is 5.26 Å². The van der Waals surface area contributed by atoms with Crippen LogP contribution in [-0.4, -0.2) is 55.0 Å². The Morgan fingerprint density at radius 3 is 2.50 bits per heavy atom. The monoisotopic (exact) mass is 438 g/mol. The first-order chi connectivity index (χ1) is 15.5. The summed E-state index contributed by atoms with van der Waals surface area (Å²) in [5.74, 6) is 0.858. The first kappa shape index (κ1) is 21.7. The van der Waals surface area contributed by atoms with Gasteiger partial charge in [-0.25, -0.2) is 9.37 Å². The second kappa shape index (κ2) is 9.34. The van der Waals surface area contributed by atoms with Crippen LogP contribution in [0.5, 0.6) is 11.5 Å². The van der Waals surface area contributed by atoms with Crippen LogP contribution in [-0.2, 0) is 17.8 Å². The Labute approximate surface area is 184 Å². The fourth-order valence-corrected chi connectivity index (χ4v) is 3.75. The third-order valence-corrected chi connectivity index (χ3v) is 5.52. The van der Waals surface area contributed by atoms with Gasteiger partial charge >= 0.3 is 0 Å². The molecule has 2 heterocycles. The van der Waals surface area contributed by atoms with E-state index in [1.807, 2.05) is 6.07 Å². The molecule has 0 saturated carbocycles. The fourth-order valence-electron chi connectivity index (χ4n) is 3.75. The van der Waals surface area contributed by atoms with Crippen molar-refractivity contribution in [2.24, 2.45) is 0 Å². The second-order valence-corrected chi connectivity index (χ2v) is 7.45. The summed E-state index contributed by atoms with van der Waals surface area (Å²) in [5.41, 5.74) is 0.701. The maximum absolute atomic E-state index is 14.6. The van der Waals surface area contributed by atoms with E-state index in [2.05, 4.69) is 4.90 Å². The van der Waals surface area contributed by atoms with Crippen LogP contribution in [0, 0.1) is 17.1 Å². The summed E-state index contributed by atoms with van der Waals surface area (Å²) in [6.07, 6.45) is 0. The van der Waals surface area contributed by atoms with Crippen LogP contribution < -0.4 is 15.0 Å². The number of hydrogen-bond donors (Lipinski definition) is 0. The van der Waals surface area contributed by atoms with Gasteiger partial charge in [0, 0.05) is 24.7 Å². The molecule has 0 amide bonds. The Kier molecular flexibility index (Phi) is 6.35. The van der Waals surface area contributed by atoms with Crippen LogP contribution in [0.4, 0.5) is 4.39 Å². The summed E-state index contributed by atoms with van der Waals surface area (Å²) in [4.78, 5) is 20.4. The molecule has 2 aromatic carbocycles. The van der Waals surface area contributed by atoms with Crippen LogP contribution in [0.3, 0.4) is 0 Å². The average molecular weight is 438 g/mol. The molecule has 0 bridgehead atoms. The lowest BCUT2D eigenvalue weighted by molar-refractivity contribution is 0.0325. The van der Waals surface area contributed by atoms with E-state index in [4.69, 9.17) is 24.5 Å². The first-order valence-electron chi connectivity index (χ1n) is 10.2. The van der Waals surface area contributed by atoms with Crippen molar-refractivity contribution in [2.45, 2.75) is 13.1 Å². The molecule has 0 unspecified atom stereocenters. The van der Waals surface area contributed by atoms with Crippen LogP contribution in [0.2, 0.25) is 0 Å². The lowest BCUT2D eigenvalue weighted by Crippen LogP contribution is -2.38. The van der Waals surface area contributed by atoms with Gasteiger partial charge in [-0.05, 0) is 18.2 Å². The normalized spacial score (nSPS) is 14.3. The van der Waals surface area contributed by atoms with Gasteiger partial charge in [0.05, 0.1) is 63.1 Å². The number of halogens is 1. The fraction of sp³-hybridized carbons (Fsp3) is 0.348. The number of morpholine rings is 1. The van der Waals surface area contributed by atoms with Gasteiger partial charge < -0.3 is 14.2 Å². The van der Waals surface area contributed by atoms with Gasteiger partial charge in [-0.3, -0.25) is 14.3 Å². The molecule has 166 valence electrons. The van der Waals surface area contributed by atoms with E-state index in [0.717, 1.165) is 0 Å². The Morgan fingerprint density at radius 1 is 1.12 bits per heavy atom. The lowest BCUT2D eigenvalue weighted by Gasteiger charge is -2.27. The zero-order valence-electron chi connectivity index (χ0n) is 17.9. The third kappa shape index (κ3) is 4.28. The first-order valence-corrected chi connectivity index (χ1v) is 10.2. The molecule has 0 spiro atoms. The van der Waals surface area contributed by atoms with Crippen molar-refractivity contribution < 1.29 is 18.6 Å². The van der Waals surface area contributed by atoms with Crippen LogP contribution in [0.1, 0.15) is 17.0 Å². The van der Waals surface area contributed by atoms with Crippen molar-refractivity contribution in [3.05, 3.63) is 63.5 Å². The number of aromatic nitrogens is 2. The van der Waals surface area contributed by atoms with Crippen molar-refractivity contribution >= 4 is 10.9 Å². The van der Waals surface area contributed by atoms with Crippen molar-refractivity contribution in [3.8, 4) is 17.6 Å². The van der Waals surface area contributed by atoms with Gasteiger partial charge in [0.2, 0.25) is 0 Å². The maximum Gasteiger partial charge on any atom is 0.261 e. The Hall–Kier alpha value is -3.48. The Bertz CT molecular complexity index is 1250. The summed E-state index contributed by atoms with van der Waals surface area (Å²) in [6, 6.07) is 9.41. The molecule has 9 heteroatoms. The number of rotatable bonds is 6. The Morgan fingerprint density at radius 2 is 1.84 bits per heavy atom. The van der Waals surface area contributed by atoms with Crippen LogP contribution >= 0.6 is 0 Å². The molecule has 8 nitrogen and oxygen atoms in total. The van der Waals surface area contributed by atoms with Gasteiger partial charge in [0.15, 0.2) is 11.5 Å². The molecule has 3 aromatic rings. The molecule has 4 rings (SSSR count). The predicted molar refractivity (Wildman–Crippen MR) is 115 cm³/mol. The number of benzene rings is 2. The van der Waals surface area contributed by atoms with Gasteiger partial charge in [0.1, 0.15) is 11.6 Å². The highest BCUT2D eigenvalue weighted by atomic mass is 19.1. The summed E-state index contributed by atoms with van der Waals surface area (Å²) in [6.45, 7) is 3.05. The number of nitrogens with zero attached hydrogens (tertiary/aromatic N) is 4. The van der Waals surface area contributed by atoms with E-state index >= 15 is 0 Å². The van der Waals surface area contributed by atoms with E-state index in [0.29, 0.717) is 66.6 Å². The maximum atomic E-state index is 14.6. The number of methoxy groups -OCH3 is 2. The highest BCUT2D eigenvalue weighted by Crippen LogP contribution is 2.30. The average Bonchev–Trinajstić information content (AvgIpc) is 2.82. The summed E-state index contributed by atoms with van der Waals surface area (Å²) in [7, 11) is 3.02. The standard InChI is InChI=1S/C23H23FN4O4/c1-30-20-10-17-19(11-21(20)31-2)26-22(14-27-5-7-32-8-6-27)28(23(17)29)13-16-4-3-15(12-25)9-18(16)24/h3-4,9-11H,5-8,13-14H2,1-2H3. The number of fused-ring (bicyclic) bond motifs is 1. The summed E-state index contributed by atoms with van der Waals surface area (Å²) >= 11 is 0. The zero-order chi connectivity index (χ0) is 22.7. The van der Waals surface area contributed by atoms with Gasteiger partial charge in [-0.15, -0.1) is 0 Å². The minimum absolute atomic E-state index is 0.00661. The van der Waals surface area contributed by atoms with Crippen molar-refractivity contribution in [2.75, 3.05) is 40.5 Å². The van der Waals surface area contributed by atoms with Gasteiger partial charge in [-0.2, -0.15) is 5.26 Å². The highest BCUT2D eigenvalue weighted by Gasteiger charge is 2.19. The summed E-state index contributed by atoms with van der Waals surface area (Å²) < 4.78 is 32.2. The van der Waals surface area contributed by atoms with E-state index in [-0.39, 0.29) is 17.7 Å². The molecule has 0 atom stereocenters. The largest absolute Gasteiger partial charge is 0.493 e. The van der Waals surface area contributed by atoms with Crippen LogP contribution in [0.15, 0.2) is 35.1 Å². The number of nitriles is 1. The SMILES string of the molecule is COc1cc2nc(CN3CCOCC3)n(Cc3ccc(C#N)cc3F)c(=O)c2cc1OC. The van der Waals surface area contributed by atoms with Gasteiger partial charge in [0.25, 0.3) is 5.56 Å². The number of ether oxygens (including phenoxy) is 3. The predicted octanol–water partition coefficient (Wildman–Crippen LogP) is 2.30. The Balaban J connectivity index is 1.85. The molecule has 1 saturated heterocycles. The molecular formula is C23H23FN4O4. The second-order valence-electron chi connectivity index (χ2n) is 7.45. The molecule has 0 radical (unpaired) electrons. The molecule has 32 heavy (non-hydrogen) atoms. The van der Waals surface area contributed by atoms with E-state index in [1.165, 1.54) is 37.0 Å². The van der Waals surface area contributed by atoms with Crippen molar-refractivity contribution in [3.63, 3.8) is 0 Å².